The smallest absolute Gasteiger partial charge is 0.316 e. The fourth-order valence-corrected chi connectivity index (χ4v) is 2.39. The lowest BCUT2D eigenvalue weighted by atomic mass is 9.85. The lowest BCUT2D eigenvalue weighted by molar-refractivity contribution is -0.137. The van der Waals surface area contributed by atoms with Gasteiger partial charge >= 0.3 is 6.03 Å². The van der Waals surface area contributed by atoms with E-state index in [1.54, 1.807) is 6.20 Å². The molecule has 2 aliphatic heterocycles. The van der Waals surface area contributed by atoms with Crippen molar-refractivity contribution in [1.29, 1.82) is 0 Å². The van der Waals surface area contributed by atoms with E-state index in [9.17, 15) is 9.59 Å². The maximum Gasteiger partial charge on any atom is 0.328 e. The second kappa shape index (κ2) is 4.87. The van der Waals surface area contributed by atoms with Crippen LogP contribution in [0.1, 0.15) is 20.3 Å². The van der Waals surface area contributed by atoms with Crippen LogP contribution in [-0.2, 0) is 4.79 Å². The molecular weight excluding hydrogens is 218 g/mol. The van der Waals surface area contributed by atoms with Crippen LogP contribution in [0.4, 0.5) is 4.79 Å². The third kappa shape index (κ3) is 2.66. The zero-order valence-corrected chi connectivity index (χ0v) is 10.3. The van der Waals surface area contributed by atoms with Gasteiger partial charge in [0.15, 0.2) is 0 Å². The third-order valence-electron chi connectivity index (χ3n) is 3.23. The summed E-state index contributed by atoms with van der Waals surface area (Å²) in [5, 5.41) is 5.89. The van der Waals surface area contributed by atoms with Crippen LogP contribution in [0.25, 0.3) is 0 Å². The summed E-state index contributed by atoms with van der Waals surface area (Å²) in [6.45, 7) is 5.93. The summed E-state index contributed by atoms with van der Waals surface area (Å²) in [5.41, 5.74) is 1.00. The molecule has 2 rings (SSSR count). The highest BCUT2D eigenvalue weighted by atomic mass is 16.2. The Morgan fingerprint density at radius 1 is 1.47 bits per heavy atom. The molecule has 0 radical (unpaired) electrons. The van der Waals surface area contributed by atoms with Crippen LogP contribution in [0.2, 0.25) is 0 Å². The first-order chi connectivity index (χ1) is 8.08. The Kier molecular flexibility index (Phi) is 3.47. The number of imide groups is 1. The van der Waals surface area contributed by atoms with Crippen LogP contribution in [0.15, 0.2) is 11.8 Å². The van der Waals surface area contributed by atoms with Crippen molar-refractivity contribution in [3.63, 3.8) is 0 Å². The highest BCUT2D eigenvalue weighted by Gasteiger charge is 2.39. The molecule has 94 valence electrons. The lowest BCUT2D eigenvalue weighted by Gasteiger charge is -2.39. The molecule has 2 bridgehead atoms. The summed E-state index contributed by atoms with van der Waals surface area (Å²) in [5.74, 6) is 0.331. The molecule has 0 aromatic carbocycles. The molecule has 2 fully saturated rings. The molecule has 5 heteroatoms. The van der Waals surface area contributed by atoms with Crippen molar-refractivity contribution in [2.75, 3.05) is 19.6 Å². The normalized spacial score (nSPS) is 27.6. The van der Waals surface area contributed by atoms with Crippen molar-refractivity contribution in [3.05, 3.63) is 11.8 Å². The second-order valence-electron chi connectivity index (χ2n) is 5.08. The molecule has 2 atom stereocenters. The van der Waals surface area contributed by atoms with E-state index in [0.717, 1.165) is 18.5 Å². The molecular formula is C12H19N3O2. The Morgan fingerprint density at radius 3 is 2.94 bits per heavy atom. The Bertz CT molecular complexity index is 361. The minimum Gasteiger partial charge on any atom is -0.316 e. The van der Waals surface area contributed by atoms with E-state index in [2.05, 4.69) is 10.6 Å². The molecule has 2 unspecified atom stereocenters. The van der Waals surface area contributed by atoms with Gasteiger partial charge in [0.25, 0.3) is 0 Å². The standard InChI is InChI=1S/C12H19N3O2/c1-8(2)4-14-12(17)15-7-9-3-10(11(15)16)6-13-5-9/h4,9-10,13H,3,5-7H2,1-2H3,(H,14,17). The monoisotopic (exact) mass is 237 g/mol. The number of urea groups is 1. The van der Waals surface area contributed by atoms with Gasteiger partial charge in [-0.3, -0.25) is 9.69 Å². The number of carbonyl (C=O) groups excluding carboxylic acids is 2. The van der Waals surface area contributed by atoms with Crippen LogP contribution >= 0.6 is 0 Å². The van der Waals surface area contributed by atoms with E-state index in [-0.39, 0.29) is 17.9 Å². The first-order valence-electron chi connectivity index (χ1n) is 6.04. The van der Waals surface area contributed by atoms with Crippen molar-refractivity contribution in [1.82, 2.24) is 15.5 Å². The summed E-state index contributed by atoms with van der Waals surface area (Å²) in [4.78, 5) is 25.3. The molecule has 2 N–H and O–H groups in total. The van der Waals surface area contributed by atoms with Gasteiger partial charge in [-0.05, 0) is 32.7 Å². The summed E-state index contributed by atoms with van der Waals surface area (Å²) in [6, 6.07) is -0.298. The number of carbonyl (C=O) groups is 2. The van der Waals surface area contributed by atoms with Gasteiger partial charge in [-0.1, -0.05) is 5.57 Å². The molecule has 5 nitrogen and oxygen atoms in total. The number of nitrogens with zero attached hydrogens (tertiary/aromatic N) is 1. The van der Waals surface area contributed by atoms with E-state index in [1.807, 2.05) is 13.8 Å². The zero-order valence-electron chi connectivity index (χ0n) is 10.3. The van der Waals surface area contributed by atoms with Gasteiger partial charge in [0.05, 0.1) is 5.92 Å². The van der Waals surface area contributed by atoms with E-state index in [0.29, 0.717) is 19.0 Å². The molecule has 3 amide bonds. The average molecular weight is 237 g/mol. The number of rotatable bonds is 1. The van der Waals surface area contributed by atoms with E-state index >= 15 is 0 Å². The van der Waals surface area contributed by atoms with Crippen molar-refractivity contribution < 1.29 is 9.59 Å². The number of hydrogen-bond donors (Lipinski definition) is 2. The van der Waals surface area contributed by atoms with Gasteiger partial charge in [-0.25, -0.2) is 4.79 Å². The van der Waals surface area contributed by atoms with Gasteiger partial charge in [-0.2, -0.15) is 0 Å². The van der Waals surface area contributed by atoms with Gasteiger partial charge in [0.1, 0.15) is 0 Å². The molecule has 0 aromatic heterocycles. The van der Waals surface area contributed by atoms with Crippen molar-refractivity contribution in [2.24, 2.45) is 11.8 Å². The Morgan fingerprint density at radius 2 is 2.24 bits per heavy atom. The van der Waals surface area contributed by atoms with E-state index in [4.69, 9.17) is 0 Å². The molecule has 17 heavy (non-hydrogen) atoms. The van der Waals surface area contributed by atoms with Crippen molar-refractivity contribution in [2.45, 2.75) is 20.3 Å². The summed E-state index contributed by atoms with van der Waals surface area (Å²) < 4.78 is 0. The molecule has 0 aliphatic carbocycles. The lowest BCUT2D eigenvalue weighted by Crippen LogP contribution is -2.57. The largest absolute Gasteiger partial charge is 0.328 e. The Balaban J connectivity index is 2.02. The number of allylic oxidation sites excluding steroid dienone is 1. The van der Waals surface area contributed by atoms with Gasteiger partial charge in [0.2, 0.25) is 5.91 Å². The maximum atomic E-state index is 12.0. The number of hydrogen-bond acceptors (Lipinski definition) is 3. The zero-order chi connectivity index (χ0) is 12.4. The SMILES string of the molecule is CC(C)=CNC(=O)N1CC2CNCC(C2)C1=O. The van der Waals surface area contributed by atoms with Gasteiger partial charge < -0.3 is 10.6 Å². The fourth-order valence-electron chi connectivity index (χ4n) is 2.39. The van der Waals surface area contributed by atoms with Crippen LogP contribution in [-0.4, -0.2) is 36.5 Å². The van der Waals surface area contributed by atoms with Crippen LogP contribution in [0.3, 0.4) is 0 Å². The highest BCUT2D eigenvalue weighted by Crippen LogP contribution is 2.25. The van der Waals surface area contributed by atoms with E-state index < -0.39 is 0 Å². The quantitative estimate of drug-likeness (QED) is 0.705. The van der Waals surface area contributed by atoms with Crippen LogP contribution in [0.5, 0.6) is 0 Å². The number of piperidine rings is 2. The maximum absolute atomic E-state index is 12.0. The first-order valence-corrected chi connectivity index (χ1v) is 6.04. The van der Waals surface area contributed by atoms with Crippen molar-refractivity contribution in [3.8, 4) is 0 Å². The number of likely N-dealkylation sites (tertiary alicyclic amines) is 1. The molecule has 2 saturated heterocycles. The topological polar surface area (TPSA) is 61.4 Å². The average Bonchev–Trinajstić information content (AvgIpc) is 2.31. The molecule has 0 saturated carbocycles. The highest BCUT2D eigenvalue weighted by molar-refractivity contribution is 5.96. The minimum atomic E-state index is -0.298. The van der Waals surface area contributed by atoms with Crippen LogP contribution in [0, 0.1) is 11.8 Å². The summed E-state index contributed by atoms with van der Waals surface area (Å²) in [7, 11) is 0. The third-order valence-corrected chi connectivity index (χ3v) is 3.23. The predicted octanol–water partition coefficient (Wildman–Crippen LogP) is 0.688. The summed E-state index contributed by atoms with van der Waals surface area (Å²) in [6.07, 6.45) is 2.55. The van der Waals surface area contributed by atoms with E-state index in [1.165, 1.54) is 4.90 Å². The first kappa shape index (κ1) is 12.1. The fraction of sp³-hybridized carbons (Fsp3) is 0.667. The molecule has 2 aliphatic rings. The van der Waals surface area contributed by atoms with Gasteiger partial charge in [0, 0.05) is 19.3 Å². The molecule has 2 heterocycles. The molecule has 0 aromatic rings. The minimum absolute atomic E-state index is 0.0278. The summed E-state index contributed by atoms with van der Waals surface area (Å²) >= 11 is 0. The number of amides is 3. The Labute approximate surface area is 101 Å². The number of nitrogens with one attached hydrogen (secondary N) is 2. The molecule has 0 spiro atoms. The Hall–Kier alpha value is -1.36. The number of fused-ring (bicyclic) bond motifs is 2. The van der Waals surface area contributed by atoms with Crippen LogP contribution < -0.4 is 10.6 Å². The second-order valence-corrected chi connectivity index (χ2v) is 5.08. The van der Waals surface area contributed by atoms with Crippen molar-refractivity contribution >= 4 is 11.9 Å². The predicted molar refractivity (Wildman–Crippen MR) is 64.1 cm³/mol. The van der Waals surface area contributed by atoms with Gasteiger partial charge in [-0.15, -0.1) is 0 Å².